The zero-order valence-electron chi connectivity index (χ0n) is 12.5. The van der Waals surface area contributed by atoms with Gasteiger partial charge in [-0.1, -0.05) is 29.8 Å². The fourth-order valence-corrected chi connectivity index (χ4v) is 2.55. The van der Waals surface area contributed by atoms with Crippen LogP contribution in [0, 0.1) is 0 Å². The summed E-state index contributed by atoms with van der Waals surface area (Å²) in [6, 6.07) is 12.7. The van der Waals surface area contributed by atoms with Gasteiger partial charge in [0.1, 0.15) is 11.5 Å². The van der Waals surface area contributed by atoms with Gasteiger partial charge < -0.3 is 14.9 Å². The highest BCUT2D eigenvalue weighted by Gasteiger charge is 2.12. The third kappa shape index (κ3) is 4.37. The molecular formula is C17H20ClNO3. The monoisotopic (exact) mass is 321 g/mol. The number of para-hydroxylation sites is 1. The van der Waals surface area contributed by atoms with E-state index in [1.807, 2.05) is 29.2 Å². The first-order valence-corrected chi connectivity index (χ1v) is 7.44. The van der Waals surface area contributed by atoms with Gasteiger partial charge in [-0.3, -0.25) is 4.90 Å². The molecule has 2 aromatic rings. The Morgan fingerprint density at radius 1 is 1.09 bits per heavy atom. The minimum absolute atomic E-state index is 0.0382. The fraction of sp³-hybridized carbons (Fsp3) is 0.294. The number of methoxy groups -OCH3 is 1. The third-order valence-corrected chi connectivity index (χ3v) is 3.67. The lowest BCUT2D eigenvalue weighted by atomic mass is 10.1. The van der Waals surface area contributed by atoms with Gasteiger partial charge in [-0.15, -0.1) is 0 Å². The fourth-order valence-electron chi connectivity index (χ4n) is 2.35. The van der Waals surface area contributed by atoms with Crippen molar-refractivity contribution in [1.29, 1.82) is 0 Å². The molecule has 0 saturated carbocycles. The van der Waals surface area contributed by atoms with Crippen LogP contribution in [0.1, 0.15) is 11.1 Å². The number of aliphatic hydroxyl groups is 1. The Labute approximate surface area is 135 Å². The Balaban J connectivity index is 2.17. The maximum atomic E-state index is 9.95. The predicted molar refractivity (Wildman–Crippen MR) is 87.3 cm³/mol. The first-order chi connectivity index (χ1) is 10.6. The summed E-state index contributed by atoms with van der Waals surface area (Å²) in [4.78, 5) is 2.03. The van der Waals surface area contributed by atoms with Crippen molar-refractivity contribution in [3.8, 4) is 11.5 Å². The number of phenols is 1. The Kier molecular flexibility index (Phi) is 6.07. The maximum absolute atomic E-state index is 9.95. The minimum Gasteiger partial charge on any atom is -0.508 e. The van der Waals surface area contributed by atoms with Crippen LogP contribution >= 0.6 is 11.6 Å². The average molecular weight is 322 g/mol. The molecule has 0 heterocycles. The van der Waals surface area contributed by atoms with E-state index in [9.17, 15) is 10.2 Å². The zero-order valence-corrected chi connectivity index (χ0v) is 13.3. The molecule has 0 unspecified atom stereocenters. The number of nitrogens with zero attached hydrogens (tertiary/aromatic N) is 1. The van der Waals surface area contributed by atoms with Gasteiger partial charge in [0.15, 0.2) is 0 Å². The summed E-state index contributed by atoms with van der Waals surface area (Å²) in [5.41, 5.74) is 1.76. The summed E-state index contributed by atoms with van der Waals surface area (Å²) in [5, 5.41) is 19.8. The van der Waals surface area contributed by atoms with E-state index < -0.39 is 0 Å². The molecule has 0 aliphatic rings. The Hall–Kier alpha value is -1.75. The minimum atomic E-state index is 0.0382. The number of hydrogen-bond acceptors (Lipinski definition) is 4. The maximum Gasteiger partial charge on any atom is 0.123 e. The number of rotatable bonds is 7. The van der Waals surface area contributed by atoms with E-state index in [0.29, 0.717) is 24.7 Å². The third-order valence-electron chi connectivity index (χ3n) is 3.44. The number of ether oxygens (including phenoxy) is 1. The summed E-state index contributed by atoms with van der Waals surface area (Å²) in [6.07, 6.45) is 0. The molecule has 0 bridgehead atoms. The zero-order chi connectivity index (χ0) is 15.9. The Morgan fingerprint density at radius 2 is 1.82 bits per heavy atom. The number of aliphatic hydroxyl groups excluding tert-OH is 1. The van der Waals surface area contributed by atoms with Gasteiger partial charge in [0.25, 0.3) is 0 Å². The van der Waals surface area contributed by atoms with Gasteiger partial charge in [-0.25, -0.2) is 0 Å². The molecular weight excluding hydrogens is 302 g/mol. The van der Waals surface area contributed by atoms with Crippen molar-refractivity contribution in [1.82, 2.24) is 4.90 Å². The van der Waals surface area contributed by atoms with E-state index in [-0.39, 0.29) is 12.4 Å². The highest BCUT2D eigenvalue weighted by Crippen LogP contribution is 2.25. The summed E-state index contributed by atoms with van der Waals surface area (Å²) in [7, 11) is 1.64. The number of phenolic OH excluding ortho intramolecular Hbond substituents is 1. The molecule has 2 rings (SSSR count). The van der Waals surface area contributed by atoms with Crippen LogP contribution in [0.15, 0.2) is 42.5 Å². The van der Waals surface area contributed by atoms with E-state index in [1.165, 1.54) is 0 Å². The second kappa shape index (κ2) is 8.03. The van der Waals surface area contributed by atoms with Crippen molar-refractivity contribution in [2.75, 3.05) is 20.3 Å². The lowest BCUT2D eigenvalue weighted by Crippen LogP contribution is -2.26. The molecule has 4 nitrogen and oxygen atoms in total. The van der Waals surface area contributed by atoms with Crippen LogP contribution < -0.4 is 4.74 Å². The highest BCUT2D eigenvalue weighted by atomic mass is 35.5. The van der Waals surface area contributed by atoms with Crippen molar-refractivity contribution >= 4 is 11.6 Å². The molecule has 0 radical (unpaired) electrons. The van der Waals surface area contributed by atoms with Gasteiger partial charge in [0.2, 0.25) is 0 Å². The standard InChI is InChI=1S/C17H20ClNO3/c1-22-17-5-3-2-4-13(17)11-19(8-9-20)12-14-10-15(18)6-7-16(14)21/h2-7,10,20-21H,8-9,11-12H2,1H3. The molecule has 0 aliphatic carbocycles. The van der Waals surface area contributed by atoms with Crippen LogP contribution in [-0.4, -0.2) is 35.4 Å². The largest absolute Gasteiger partial charge is 0.508 e. The lowest BCUT2D eigenvalue weighted by Gasteiger charge is -2.23. The van der Waals surface area contributed by atoms with E-state index in [2.05, 4.69) is 0 Å². The summed E-state index contributed by atoms with van der Waals surface area (Å²) in [6.45, 7) is 1.63. The van der Waals surface area contributed by atoms with Gasteiger partial charge in [0, 0.05) is 35.8 Å². The van der Waals surface area contributed by atoms with E-state index in [0.717, 1.165) is 16.9 Å². The van der Waals surface area contributed by atoms with Crippen molar-refractivity contribution in [2.45, 2.75) is 13.1 Å². The molecule has 2 N–H and O–H groups in total. The lowest BCUT2D eigenvalue weighted by molar-refractivity contribution is 0.181. The summed E-state index contributed by atoms with van der Waals surface area (Å²) < 4.78 is 5.36. The molecule has 22 heavy (non-hydrogen) atoms. The molecule has 0 spiro atoms. The van der Waals surface area contributed by atoms with Crippen LogP contribution in [-0.2, 0) is 13.1 Å². The summed E-state index contributed by atoms with van der Waals surface area (Å²) >= 11 is 5.99. The molecule has 2 aromatic carbocycles. The topological polar surface area (TPSA) is 52.9 Å². The van der Waals surface area contributed by atoms with Crippen LogP contribution in [0.5, 0.6) is 11.5 Å². The molecule has 5 heteroatoms. The van der Waals surface area contributed by atoms with Crippen molar-refractivity contribution < 1.29 is 14.9 Å². The predicted octanol–water partition coefficient (Wildman–Crippen LogP) is 3.05. The average Bonchev–Trinajstić information content (AvgIpc) is 2.51. The molecule has 0 amide bonds. The second-order valence-corrected chi connectivity index (χ2v) is 5.46. The van der Waals surface area contributed by atoms with Gasteiger partial charge in [-0.2, -0.15) is 0 Å². The number of aromatic hydroxyl groups is 1. The van der Waals surface area contributed by atoms with Crippen LogP contribution in [0.3, 0.4) is 0 Å². The Bertz CT molecular complexity index is 619. The van der Waals surface area contributed by atoms with E-state index >= 15 is 0 Å². The second-order valence-electron chi connectivity index (χ2n) is 5.02. The molecule has 0 fully saturated rings. The van der Waals surface area contributed by atoms with Gasteiger partial charge in [0.05, 0.1) is 13.7 Å². The molecule has 0 aliphatic heterocycles. The van der Waals surface area contributed by atoms with E-state index in [1.54, 1.807) is 25.3 Å². The van der Waals surface area contributed by atoms with Crippen molar-refractivity contribution in [3.63, 3.8) is 0 Å². The normalized spacial score (nSPS) is 10.9. The molecule has 118 valence electrons. The highest BCUT2D eigenvalue weighted by molar-refractivity contribution is 6.30. The van der Waals surface area contributed by atoms with Gasteiger partial charge in [-0.05, 0) is 24.3 Å². The van der Waals surface area contributed by atoms with Gasteiger partial charge >= 0.3 is 0 Å². The molecule has 0 atom stereocenters. The molecule has 0 aromatic heterocycles. The number of benzene rings is 2. The quantitative estimate of drug-likeness (QED) is 0.823. The van der Waals surface area contributed by atoms with Crippen LogP contribution in [0.2, 0.25) is 5.02 Å². The smallest absolute Gasteiger partial charge is 0.123 e. The summed E-state index contributed by atoms with van der Waals surface area (Å²) in [5.74, 6) is 1.01. The SMILES string of the molecule is COc1ccccc1CN(CCO)Cc1cc(Cl)ccc1O. The number of halogens is 1. The number of hydrogen-bond donors (Lipinski definition) is 2. The first kappa shape index (κ1) is 16.6. The van der Waals surface area contributed by atoms with E-state index in [4.69, 9.17) is 16.3 Å². The van der Waals surface area contributed by atoms with Crippen LogP contribution in [0.25, 0.3) is 0 Å². The van der Waals surface area contributed by atoms with Crippen molar-refractivity contribution in [2.24, 2.45) is 0 Å². The molecule has 0 saturated heterocycles. The van der Waals surface area contributed by atoms with Crippen molar-refractivity contribution in [3.05, 3.63) is 58.6 Å². The Morgan fingerprint density at radius 3 is 2.55 bits per heavy atom. The first-order valence-electron chi connectivity index (χ1n) is 7.06. The van der Waals surface area contributed by atoms with Crippen LogP contribution in [0.4, 0.5) is 0 Å².